The fourth-order valence-electron chi connectivity index (χ4n) is 2.34. The summed E-state index contributed by atoms with van der Waals surface area (Å²) >= 11 is 0. The monoisotopic (exact) mass is 300 g/mol. The Morgan fingerprint density at radius 3 is 2.76 bits per heavy atom. The predicted octanol–water partition coefficient (Wildman–Crippen LogP) is 1.80. The summed E-state index contributed by atoms with van der Waals surface area (Å²) in [5, 5.41) is 11.0. The third-order valence-electron chi connectivity index (χ3n) is 3.35. The summed E-state index contributed by atoms with van der Waals surface area (Å²) in [6, 6.07) is 2.29. The molecule has 9 heteroatoms. The Labute approximate surface area is 117 Å². The van der Waals surface area contributed by atoms with E-state index in [2.05, 4.69) is 0 Å². The molecule has 0 spiro atoms. The second kappa shape index (κ2) is 4.54. The molecule has 112 valence electrons. The van der Waals surface area contributed by atoms with Crippen LogP contribution in [0.3, 0.4) is 0 Å². The van der Waals surface area contributed by atoms with Crippen LogP contribution in [-0.4, -0.2) is 41.5 Å². The number of likely N-dealkylation sites (tertiary alicyclic amines) is 1. The minimum Gasteiger partial charge on any atom is -0.453 e. The molecule has 1 fully saturated rings. The van der Waals surface area contributed by atoms with Crippen LogP contribution >= 0.6 is 0 Å². The molecule has 0 unspecified atom stereocenters. The summed E-state index contributed by atoms with van der Waals surface area (Å²) in [7, 11) is 0. The second-order valence-electron chi connectivity index (χ2n) is 4.82. The number of halogens is 2. The van der Waals surface area contributed by atoms with E-state index in [0.717, 1.165) is 11.0 Å². The summed E-state index contributed by atoms with van der Waals surface area (Å²) < 4.78 is 36.3. The first kappa shape index (κ1) is 13.5. The van der Waals surface area contributed by atoms with Crippen LogP contribution in [0.2, 0.25) is 0 Å². The van der Waals surface area contributed by atoms with Crippen LogP contribution in [0.5, 0.6) is 11.5 Å². The summed E-state index contributed by atoms with van der Waals surface area (Å²) in [4.78, 5) is 23.4. The van der Waals surface area contributed by atoms with Crippen LogP contribution in [0, 0.1) is 10.1 Å². The maximum Gasteiger partial charge on any atom is 0.315 e. The van der Waals surface area contributed by atoms with Gasteiger partial charge in [-0.15, -0.1) is 0 Å². The molecule has 21 heavy (non-hydrogen) atoms. The molecule has 2 aliphatic rings. The van der Waals surface area contributed by atoms with E-state index in [-0.39, 0.29) is 30.4 Å². The van der Waals surface area contributed by atoms with Gasteiger partial charge in [-0.2, -0.15) is 0 Å². The van der Waals surface area contributed by atoms with E-state index in [1.807, 2.05) is 0 Å². The molecule has 3 rings (SSSR count). The third kappa shape index (κ3) is 2.34. The van der Waals surface area contributed by atoms with Gasteiger partial charge >= 0.3 is 5.69 Å². The number of nitrogens with zero attached hydrogens (tertiary/aromatic N) is 2. The Hall–Kier alpha value is -2.45. The van der Waals surface area contributed by atoms with Gasteiger partial charge in [0.1, 0.15) is 0 Å². The van der Waals surface area contributed by atoms with Crippen molar-refractivity contribution < 1.29 is 28.0 Å². The molecule has 0 aromatic heterocycles. The van der Waals surface area contributed by atoms with Crippen molar-refractivity contribution in [1.29, 1.82) is 0 Å². The van der Waals surface area contributed by atoms with Crippen molar-refractivity contribution in [2.24, 2.45) is 0 Å². The number of nitro groups is 1. The van der Waals surface area contributed by atoms with Gasteiger partial charge in [-0.25, -0.2) is 8.78 Å². The van der Waals surface area contributed by atoms with E-state index in [1.165, 1.54) is 6.07 Å². The summed E-state index contributed by atoms with van der Waals surface area (Å²) in [5.74, 6) is -3.59. The number of carbonyl (C=O) groups excluding carboxylic acids is 1. The number of hydrogen-bond donors (Lipinski definition) is 0. The van der Waals surface area contributed by atoms with Crippen molar-refractivity contribution in [2.45, 2.75) is 12.3 Å². The molecular weight excluding hydrogens is 290 g/mol. The lowest BCUT2D eigenvalue weighted by Gasteiger charge is -2.16. The molecule has 0 aliphatic carbocycles. The van der Waals surface area contributed by atoms with Gasteiger partial charge in [0.25, 0.3) is 11.8 Å². The Kier molecular flexibility index (Phi) is 2.92. The summed E-state index contributed by atoms with van der Waals surface area (Å²) in [5.41, 5.74) is -0.483. The molecule has 2 aliphatic heterocycles. The normalized spacial score (nSPS) is 18.9. The van der Waals surface area contributed by atoms with Gasteiger partial charge in [-0.05, 0) is 6.07 Å². The number of carbonyl (C=O) groups is 1. The molecule has 0 radical (unpaired) electrons. The second-order valence-corrected chi connectivity index (χ2v) is 4.82. The van der Waals surface area contributed by atoms with Crippen LogP contribution < -0.4 is 9.47 Å². The zero-order valence-corrected chi connectivity index (χ0v) is 10.7. The number of rotatable bonds is 2. The van der Waals surface area contributed by atoms with Gasteiger partial charge in [0.05, 0.1) is 17.0 Å². The minimum atomic E-state index is -2.92. The first-order valence-corrected chi connectivity index (χ1v) is 6.12. The van der Waals surface area contributed by atoms with E-state index in [1.54, 1.807) is 0 Å². The minimum absolute atomic E-state index is 0.0525. The predicted molar refractivity (Wildman–Crippen MR) is 64.7 cm³/mol. The van der Waals surface area contributed by atoms with Crippen LogP contribution in [0.1, 0.15) is 16.8 Å². The highest BCUT2D eigenvalue weighted by Gasteiger charge is 2.41. The largest absolute Gasteiger partial charge is 0.453 e. The number of amides is 1. The van der Waals surface area contributed by atoms with Crippen LogP contribution in [-0.2, 0) is 0 Å². The molecule has 7 nitrogen and oxygen atoms in total. The molecule has 0 bridgehead atoms. The Balaban J connectivity index is 1.94. The number of benzene rings is 1. The number of alkyl halides is 2. The van der Waals surface area contributed by atoms with Crippen molar-refractivity contribution in [2.75, 3.05) is 19.9 Å². The molecule has 1 saturated heterocycles. The highest BCUT2D eigenvalue weighted by atomic mass is 19.3. The van der Waals surface area contributed by atoms with Gasteiger partial charge in [-0.3, -0.25) is 14.9 Å². The van der Waals surface area contributed by atoms with Crippen LogP contribution in [0.25, 0.3) is 0 Å². The standard InChI is InChI=1S/C12H10F2N2O5/c13-12(14)1-2-15(5-12)11(17)7-3-8(16(18)19)10-9(4-7)20-6-21-10/h3-4H,1-2,5-6H2. The van der Waals surface area contributed by atoms with Gasteiger partial charge in [0.15, 0.2) is 5.75 Å². The van der Waals surface area contributed by atoms with E-state index in [4.69, 9.17) is 9.47 Å². The Morgan fingerprint density at radius 1 is 1.38 bits per heavy atom. The first-order valence-electron chi connectivity index (χ1n) is 6.12. The average molecular weight is 300 g/mol. The quantitative estimate of drug-likeness (QED) is 0.614. The topological polar surface area (TPSA) is 81.9 Å². The SMILES string of the molecule is O=C(c1cc2c(c([N+](=O)[O-])c1)OCO2)N1CCC(F)(F)C1. The van der Waals surface area contributed by atoms with Crippen molar-refractivity contribution in [3.63, 3.8) is 0 Å². The van der Waals surface area contributed by atoms with Gasteiger partial charge in [0.2, 0.25) is 12.5 Å². The van der Waals surface area contributed by atoms with Crippen molar-refractivity contribution >= 4 is 11.6 Å². The third-order valence-corrected chi connectivity index (χ3v) is 3.35. The van der Waals surface area contributed by atoms with Crippen molar-refractivity contribution in [3.8, 4) is 11.5 Å². The van der Waals surface area contributed by atoms with E-state index < -0.39 is 35.4 Å². The lowest BCUT2D eigenvalue weighted by atomic mass is 10.1. The smallest absolute Gasteiger partial charge is 0.315 e. The molecule has 2 heterocycles. The fourth-order valence-corrected chi connectivity index (χ4v) is 2.34. The maximum absolute atomic E-state index is 13.2. The van der Waals surface area contributed by atoms with Gasteiger partial charge in [0, 0.05) is 19.0 Å². The van der Waals surface area contributed by atoms with Crippen molar-refractivity contribution in [1.82, 2.24) is 4.90 Å². The number of fused-ring (bicyclic) bond motifs is 1. The molecule has 0 N–H and O–H groups in total. The van der Waals surface area contributed by atoms with E-state index in [9.17, 15) is 23.7 Å². The Bertz CT molecular complexity index is 634. The Morgan fingerprint density at radius 2 is 2.14 bits per heavy atom. The molecule has 0 atom stereocenters. The van der Waals surface area contributed by atoms with Crippen LogP contribution in [0.4, 0.5) is 14.5 Å². The summed E-state index contributed by atoms with van der Waals surface area (Å²) in [6.07, 6.45) is -0.411. The fraction of sp³-hybridized carbons (Fsp3) is 0.417. The zero-order valence-electron chi connectivity index (χ0n) is 10.7. The average Bonchev–Trinajstić information content (AvgIpc) is 3.02. The highest BCUT2D eigenvalue weighted by molar-refractivity contribution is 5.96. The maximum atomic E-state index is 13.2. The van der Waals surface area contributed by atoms with E-state index >= 15 is 0 Å². The summed E-state index contributed by atoms with van der Waals surface area (Å²) in [6.45, 7) is -0.961. The highest BCUT2D eigenvalue weighted by Crippen LogP contribution is 2.42. The number of ether oxygens (including phenoxy) is 2. The first-order chi connectivity index (χ1) is 9.87. The van der Waals surface area contributed by atoms with E-state index in [0.29, 0.717) is 0 Å². The van der Waals surface area contributed by atoms with Gasteiger partial charge < -0.3 is 14.4 Å². The van der Waals surface area contributed by atoms with Crippen LogP contribution in [0.15, 0.2) is 12.1 Å². The number of nitro benzene ring substituents is 1. The zero-order chi connectivity index (χ0) is 15.2. The molecular formula is C12H10F2N2O5. The lowest BCUT2D eigenvalue weighted by Crippen LogP contribution is -2.31. The number of hydrogen-bond acceptors (Lipinski definition) is 5. The van der Waals surface area contributed by atoms with Crippen molar-refractivity contribution in [3.05, 3.63) is 27.8 Å². The molecule has 1 amide bonds. The molecule has 0 saturated carbocycles. The molecule has 1 aromatic rings. The lowest BCUT2D eigenvalue weighted by molar-refractivity contribution is -0.385. The van der Waals surface area contributed by atoms with Gasteiger partial charge in [-0.1, -0.05) is 0 Å². The molecule has 1 aromatic carbocycles.